The molecule has 3 N–H and O–H groups in total. The van der Waals surface area contributed by atoms with E-state index in [-0.39, 0.29) is 0 Å². The molecule has 0 radical (unpaired) electrons. The maximum atomic E-state index is 10.5. The second-order valence-corrected chi connectivity index (χ2v) is 4.08. The first kappa shape index (κ1) is 9.92. The van der Waals surface area contributed by atoms with Gasteiger partial charge in [-0.05, 0) is 31.2 Å². The summed E-state index contributed by atoms with van der Waals surface area (Å²) in [7, 11) is 0. The number of nitrogen functional groups attached to an aromatic ring is 1. The number of benzene rings is 1. The number of aliphatic carboxylic acids is 1. The third-order valence-corrected chi connectivity index (χ3v) is 2.64. The van der Waals surface area contributed by atoms with Gasteiger partial charge in [0.2, 0.25) is 0 Å². The number of anilines is 1. The number of nitrogens with two attached hydrogens (primary N) is 1. The molecule has 0 fully saturated rings. The molecule has 0 aromatic heterocycles. The van der Waals surface area contributed by atoms with Gasteiger partial charge in [-0.3, -0.25) is 4.79 Å². The molecule has 0 bridgehead atoms. The van der Waals surface area contributed by atoms with Crippen LogP contribution in [0.3, 0.4) is 0 Å². The second-order valence-electron chi connectivity index (χ2n) is 2.67. The van der Waals surface area contributed by atoms with Gasteiger partial charge >= 0.3 is 5.97 Å². The normalized spacial score (nSPS) is 12.4. The summed E-state index contributed by atoms with van der Waals surface area (Å²) >= 11 is 1.31. The number of rotatable bonds is 3. The summed E-state index contributed by atoms with van der Waals surface area (Å²) in [5.41, 5.74) is 6.18. The summed E-state index contributed by atoms with van der Waals surface area (Å²) < 4.78 is 0. The fourth-order valence-corrected chi connectivity index (χ4v) is 1.60. The SMILES string of the molecule is CC(Sc1ccc(N)cc1)C(=O)O. The van der Waals surface area contributed by atoms with Gasteiger partial charge in [0.05, 0.1) is 0 Å². The molecule has 0 aliphatic heterocycles. The van der Waals surface area contributed by atoms with Crippen molar-refractivity contribution in [2.75, 3.05) is 5.73 Å². The lowest BCUT2D eigenvalue weighted by Gasteiger charge is -2.05. The summed E-state index contributed by atoms with van der Waals surface area (Å²) in [6.07, 6.45) is 0. The Morgan fingerprint density at radius 2 is 2.00 bits per heavy atom. The molecule has 13 heavy (non-hydrogen) atoms. The van der Waals surface area contributed by atoms with Gasteiger partial charge in [-0.15, -0.1) is 11.8 Å². The molecule has 0 amide bonds. The van der Waals surface area contributed by atoms with E-state index in [1.807, 2.05) is 12.1 Å². The van der Waals surface area contributed by atoms with Gasteiger partial charge in [0.1, 0.15) is 5.25 Å². The van der Waals surface area contributed by atoms with E-state index >= 15 is 0 Å². The van der Waals surface area contributed by atoms with E-state index in [1.165, 1.54) is 11.8 Å². The average Bonchev–Trinajstić information content (AvgIpc) is 2.08. The van der Waals surface area contributed by atoms with Crippen molar-refractivity contribution in [3.63, 3.8) is 0 Å². The fourth-order valence-electron chi connectivity index (χ4n) is 0.801. The largest absolute Gasteiger partial charge is 0.480 e. The van der Waals surface area contributed by atoms with Crippen LogP contribution < -0.4 is 5.73 Å². The lowest BCUT2D eigenvalue weighted by molar-refractivity contribution is -0.136. The smallest absolute Gasteiger partial charge is 0.316 e. The Morgan fingerprint density at radius 3 is 2.46 bits per heavy atom. The Kier molecular flexibility index (Phi) is 3.19. The molecule has 1 rings (SSSR count). The molecule has 0 heterocycles. The van der Waals surface area contributed by atoms with Crippen LogP contribution in [-0.4, -0.2) is 16.3 Å². The van der Waals surface area contributed by atoms with Crippen molar-refractivity contribution in [1.82, 2.24) is 0 Å². The molecule has 1 unspecified atom stereocenters. The molecular formula is C9H11NO2S. The topological polar surface area (TPSA) is 63.3 Å². The predicted octanol–water partition coefficient (Wildman–Crippen LogP) is 1.83. The number of carbonyl (C=O) groups is 1. The summed E-state index contributed by atoms with van der Waals surface area (Å²) in [6.45, 7) is 1.66. The monoisotopic (exact) mass is 197 g/mol. The van der Waals surface area contributed by atoms with Gasteiger partial charge in [0.25, 0.3) is 0 Å². The molecule has 4 heteroatoms. The second kappa shape index (κ2) is 4.18. The van der Waals surface area contributed by atoms with Gasteiger partial charge < -0.3 is 10.8 Å². The molecular weight excluding hydrogens is 186 g/mol. The van der Waals surface area contributed by atoms with Crippen LogP contribution >= 0.6 is 11.8 Å². The molecule has 1 atom stereocenters. The van der Waals surface area contributed by atoms with E-state index < -0.39 is 11.2 Å². The number of hydrogen-bond donors (Lipinski definition) is 2. The van der Waals surface area contributed by atoms with E-state index in [0.29, 0.717) is 5.69 Å². The Balaban J connectivity index is 2.64. The zero-order valence-electron chi connectivity index (χ0n) is 7.23. The van der Waals surface area contributed by atoms with Crippen molar-refractivity contribution in [2.45, 2.75) is 17.1 Å². The molecule has 0 saturated carbocycles. The first-order chi connectivity index (χ1) is 6.09. The van der Waals surface area contributed by atoms with Gasteiger partial charge in [-0.25, -0.2) is 0 Å². The van der Waals surface area contributed by atoms with Crippen LogP contribution in [0.4, 0.5) is 5.69 Å². The highest BCUT2D eigenvalue weighted by Crippen LogP contribution is 2.23. The first-order valence-corrected chi connectivity index (χ1v) is 4.72. The Bertz CT molecular complexity index is 297. The number of thioether (sulfide) groups is 1. The van der Waals surface area contributed by atoms with Gasteiger partial charge in [0.15, 0.2) is 0 Å². The van der Waals surface area contributed by atoms with Crippen LogP contribution in [0, 0.1) is 0 Å². The lowest BCUT2D eigenvalue weighted by Crippen LogP contribution is -2.10. The molecule has 0 spiro atoms. The number of carboxylic acid groups (broad SMARTS) is 1. The molecule has 70 valence electrons. The highest BCUT2D eigenvalue weighted by atomic mass is 32.2. The summed E-state index contributed by atoms with van der Waals surface area (Å²) in [6, 6.07) is 7.16. The Morgan fingerprint density at radius 1 is 1.46 bits per heavy atom. The minimum Gasteiger partial charge on any atom is -0.480 e. The molecule has 1 aromatic rings. The zero-order valence-corrected chi connectivity index (χ0v) is 8.04. The van der Waals surface area contributed by atoms with Crippen molar-refractivity contribution in [3.8, 4) is 0 Å². The van der Waals surface area contributed by atoms with Crippen molar-refractivity contribution < 1.29 is 9.90 Å². The van der Waals surface area contributed by atoms with Gasteiger partial charge in [-0.1, -0.05) is 0 Å². The molecule has 3 nitrogen and oxygen atoms in total. The Hall–Kier alpha value is -1.16. The minimum absolute atomic E-state index is 0.427. The first-order valence-electron chi connectivity index (χ1n) is 3.84. The van der Waals surface area contributed by atoms with Crippen LogP contribution in [-0.2, 0) is 4.79 Å². The quantitative estimate of drug-likeness (QED) is 0.573. The third kappa shape index (κ3) is 2.99. The third-order valence-electron chi connectivity index (χ3n) is 1.54. The van der Waals surface area contributed by atoms with Crippen LogP contribution in [0.15, 0.2) is 29.2 Å². The van der Waals surface area contributed by atoms with Crippen molar-refractivity contribution >= 4 is 23.4 Å². The Labute approximate surface area is 80.9 Å². The van der Waals surface area contributed by atoms with Crippen LogP contribution in [0.25, 0.3) is 0 Å². The maximum Gasteiger partial charge on any atom is 0.316 e. The van der Waals surface area contributed by atoms with Crippen LogP contribution in [0.2, 0.25) is 0 Å². The van der Waals surface area contributed by atoms with E-state index in [1.54, 1.807) is 19.1 Å². The number of hydrogen-bond acceptors (Lipinski definition) is 3. The van der Waals surface area contributed by atoms with Crippen molar-refractivity contribution in [2.24, 2.45) is 0 Å². The summed E-state index contributed by atoms with van der Waals surface area (Å²) in [5, 5.41) is 8.23. The lowest BCUT2D eigenvalue weighted by atomic mass is 10.3. The molecule has 0 saturated heterocycles. The van der Waals surface area contributed by atoms with Gasteiger partial charge in [0, 0.05) is 10.6 Å². The average molecular weight is 197 g/mol. The fraction of sp³-hybridized carbons (Fsp3) is 0.222. The molecule has 0 aliphatic carbocycles. The van der Waals surface area contributed by atoms with Gasteiger partial charge in [-0.2, -0.15) is 0 Å². The van der Waals surface area contributed by atoms with Crippen molar-refractivity contribution in [3.05, 3.63) is 24.3 Å². The standard InChI is InChI=1S/C9H11NO2S/c1-6(9(11)12)13-8-4-2-7(10)3-5-8/h2-6H,10H2,1H3,(H,11,12). The van der Waals surface area contributed by atoms with Crippen LogP contribution in [0.1, 0.15) is 6.92 Å². The van der Waals surface area contributed by atoms with E-state index in [9.17, 15) is 4.79 Å². The highest BCUT2D eigenvalue weighted by molar-refractivity contribution is 8.00. The highest BCUT2D eigenvalue weighted by Gasteiger charge is 2.11. The summed E-state index contributed by atoms with van der Waals surface area (Å²) in [4.78, 5) is 11.4. The number of carboxylic acids is 1. The van der Waals surface area contributed by atoms with E-state index in [0.717, 1.165) is 4.90 Å². The van der Waals surface area contributed by atoms with Crippen molar-refractivity contribution in [1.29, 1.82) is 0 Å². The predicted molar refractivity (Wildman–Crippen MR) is 53.8 cm³/mol. The van der Waals surface area contributed by atoms with Crippen LogP contribution in [0.5, 0.6) is 0 Å². The van der Waals surface area contributed by atoms with E-state index in [4.69, 9.17) is 10.8 Å². The molecule has 1 aromatic carbocycles. The minimum atomic E-state index is -0.804. The maximum absolute atomic E-state index is 10.5. The van der Waals surface area contributed by atoms with E-state index in [2.05, 4.69) is 0 Å². The summed E-state index contributed by atoms with van der Waals surface area (Å²) in [5.74, 6) is -0.804. The molecule has 0 aliphatic rings. The zero-order chi connectivity index (χ0) is 9.84.